The van der Waals surface area contributed by atoms with Gasteiger partial charge in [0.2, 0.25) is 0 Å². The summed E-state index contributed by atoms with van der Waals surface area (Å²) in [5.41, 5.74) is -0.242. The minimum Gasteiger partial charge on any atom is -0.484 e. The lowest BCUT2D eigenvalue weighted by molar-refractivity contribution is -0.154. The van der Waals surface area contributed by atoms with E-state index in [2.05, 4.69) is 25.0 Å². The minimum absolute atomic E-state index is 0.118. The highest BCUT2D eigenvalue weighted by atomic mass is 19.4. The van der Waals surface area contributed by atoms with E-state index in [1.54, 1.807) is 0 Å². The summed E-state index contributed by atoms with van der Waals surface area (Å²) in [5, 5.41) is 4.93. The molecule has 2 N–H and O–H groups in total. The number of rotatable bonds is 7. The second kappa shape index (κ2) is 10.1. The molecule has 1 atom stereocenters. The van der Waals surface area contributed by atoms with Gasteiger partial charge in [-0.15, -0.1) is 0 Å². The number of nitrogens with one attached hydrogen (secondary N) is 2. The van der Waals surface area contributed by atoms with Crippen LogP contribution in [0.1, 0.15) is 19.3 Å². The number of piperidine rings is 1. The van der Waals surface area contributed by atoms with Gasteiger partial charge in [-0.3, -0.25) is 0 Å². The molecule has 30 heavy (non-hydrogen) atoms. The Balaban J connectivity index is 2.05. The van der Waals surface area contributed by atoms with Gasteiger partial charge >= 0.3 is 18.4 Å². The molecule has 6 nitrogen and oxygen atoms in total. The van der Waals surface area contributed by atoms with Crippen LogP contribution in [0.5, 0.6) is 11.5 Å². The maximum Gasteiger partial charge on any atom is 0.422 e. The first-order valence-corrected chi connectivity index (χ1v) is 9.21. The summed E-state index contributed by atoms with van der Waals surface area (Å²) >= 11 is 0. The molecule has 1 heterocycles. The lowest BCUT2D eigenvalue weighted by Crippen LogP contribution is -2.45. The maximum absolute atomic E-state index is 12.5. The molecule has 1 aliphatic heterocycles. The summed E-state index contributed by atoms with van der Waals surface area (Å²) in [7, 11) is 1.92. The van der Waals surface area contributed by atoms with Gasteiger partial charge in [0, 0.05) is 18.7 Å². The standard InChI is InChI=1S/C18H23F6N3O3/c1-27-7-3-2-4-12(27)9-25-16(28)26-14-8-13(29-10-17(19,20)21)5-6-15(14)30-11-18(22,23)24/h5-6,8,12H,2-4,7,9-11H2,1H3,(H2,25,26,28). The molecule has 2 amide bonds. The average Bonchev–Trinajstić information content (AvgIpc) is 2.63. The van der Waals surface area contributed by atoms with Crippen molar-refractivity contribution in [3.8, 4) is 11.5 Å². The van der Waals surface area contributed by atoms with Crippen molar-refractivity contribution in [3.63, 3.8) is 0 Å². The molecule has 0 saturated carbocycles. The molecule has 170 valence electrons. The van der Waals surface area contributed by atoms with Gasteiger partial charge in [-0.1, -0.05) is 6.42 Å². The average molecular weight is 443 g/mol. The van der Waals surface area contributed by atoms with E-state index in [0.29, 0.717) is 6.54 Å². The molecular formula is C18H23F6N3O3. The number of urea groups is 1. The molecule has 0 aromatic heterocycles. The van der Waals surface area contributed by atoms with E-state index in [1.165, 1.54) is 0 Å². The maximum atomic E-state index is 12.5. The SMILES string of the molecule is CN1CCCCC1CNC(=O)Nc1cc(OCC(F)(F)F)ccc1OCC(F)(F)F. The van der Waals surface area contributed by atoms with Gasteiger partial charge in [0.25, 0.3) is 0 Å². The zero-order valence-electron chi connectivity index (χ0n) is 16.2. The van der Waals surface area contributed by atoms with E-state index in [4.69, 9.17) is 0 Å². The molecule has 0 aliphatic carbocycles. The first-order chi connectivity index (χ1) is 13.9. The fraction of sp³-hybridized carbons (Fsp3) is 0.611. The Bertz CT molecular complexity index is 711. The van der Waals surface area contributed by atoms with Crippen molar-refractivity contribution in [1.29, 1.82) is 0 Å². The zero-order valence-corrected chi connectivity index (χ0v) is 16.2. The van der Waals surface area contributed by atoms with Crippen molar-refractivity contribution in [2.75, 3.05) is 38.7 Å². The number of hydrogen-bond donors (Lipinski definition) is 2. The van der Waals surface area contributed by atoms with Crippen molar-refractivity contribution in [2.24, 2.45) is 0 Å². The smallest absolute Gasteiger partial charge is 0.422 e. The van der Waals surface area contributed by atoms with Gasteiger partial charge in [0.15, 0.2) is 13.2 Å². The van der Waals surface area contributed by atoms with Gasteiger partial charge in [0.05, 0.1) is 5.69 Å². The van der Waals surface area contributed by atoms with Crippen molar-refractivity contribution in [2.45, 2.75) is 37.7 Å². The van der Waals surface area contributed by atoms with Crippen molar-refractivity contribution in [3.05, 3.63) is 18.2 Å². The Morgan fingerprint density at radius 3 is 2.40 bits per heavy atom. The Kier molecular flexibility index (Phi) is 8.04. The molecule has 12 heteroatoms. The Hall–Kier alpha value is -2.37. The number of ether oxygens (including phenoxy) is 2. The number of hydrogen-bond acceptors (Lipinski definition) is 4. The number of nitrogens with zero attached hydrogens (tertiary/aromatic N) is 1. The summed E-state index contributed by atoms with van der Waals surface area (Å²) < 4.78 is 83.6. The third kappa shape index (κ3) is 8.56. The first-order valence-electron chi connectivity index (χ1n) is 9.21. The third-order valence-corrected chi connectivity index (χ3v) is 4.41. The van der Waals surface area contributed by atoms with E-state index >= 15 is 0 Å². The summed E-state index contributed by atoms with van der Waals surface area (Å²) in [6.07, 6.45) is -6.26. The Morgan fingerprint density at radius 2 is 1.77 bits per heavy atom. The molecule has 0 bridgehead atoms. The van der Waals surface area contributed by atoms with Crippen LogP contribution in [-0.2, 0) is 0 Å². The number of likely N-dealkylation sites (N-methyl/N-ethyl adjacent to an activating group) is 1. The Morgan fingerprint density at radius 1 is 1.10 bits per heavy atom. The monoisotopic (exact) mass is 443 g/mol. The van der Waals surface area contributed by atoms with Gasteiger partial charge in [-0.25, -0.2) is 4.79 Å². The highest BCUT2D eigenvalue weighted by molar-refractivity contribution is 5.91. The van der Waals surface area contributed by atoms with E-state index in [9.17, 15) is 31.1 Å². The molecule has 1 aromatic carbocycles. The van der Waals surface area contributed by atoms with Crippen LogP contribution in [0.4, 0.5) is 36.8 Å². The van der Waals surface area contributed by atoms with Crippen LogP contribution in [0.15, 0.2) is 18.2 Å². The number of carbonyl (C=O) groups is 1. The number of likely N-dealkylation sites (tertiary alicyclic amines) is 1. The normalized spacial score (nSPS) is 18.0. The summed E-state index contributed by atoms with van der Waals surface area (Å²) in [6, 6.07) is 2.40. The van der Waals surface area contributed by atoms with Crippen LogP contribution in [0.25, 0.3) is 0 Å². The molecule has 0 spiro atoms. The molecule has 1 fully saturated rings. The predicted molar refractivity (Wildman–Crippen MR) is 96.8 cm³/mol. The number of alkyl halides is 6. The largest absolute Gasteiger partial charge is 0.484 e. The van der Waals surface area contributed by atoms with Crippen LogP contribution >= 0.6 is 0 Å². The van der Waals surface area contributed by atoms with Crippen LogP contribution in [0, 0.1) is 0 Å². The van der Waals surface area contributed by atoms with Crippen molar-refractivity contribution >= 4 is 11.7 Å². The van der Waals surface area contributed by atoms with Crippen molar-refractivity contribution < 1.29 is 40.6 Å². The highest BCUT2D eigenvalue weighted by Crippen LogP contribution is 2.31. The summed E-state index contributed by atoms with van der Waals surface area (Å²) in [5.74, 6) is -0.634. The molecule has 2 rings (SSSR count). The third-order valence-electron chi connectivity index (χ3n) is 4.41. The number of amides is 2. The zero-order chi connectivity index (χ0) is 22.4. The summed E-state index contributed by atoms with van der Waals surface area (Å²) in [4.78, 5) is 14.3. The number of benzene rings is 1. The minimum atomic E-state index is -4.63. The van der Waals surface area contributed by atoms with E-state index < -0.39 is 31.6 Å². The van der Waals surface area contributed by atoms with E-state index in [-0.39, 0.29) is 23.2 Å². The molecular weight excluding hydrogens is 420 g/mol. The topological polar surface area (TPSA) is 62.8 Å². The van der Waals surface area contributed by atoms with Crippen LogP contribution in [0.2, 0.25) is 0 Å². The van der Waals surface area contributed by atoms with Crippen molar-refractivity contribution in [1.82, 2.24) is 10.2 Å². The van der Waals surface area contributed by atoms with Gasteiger partial charge in [0.1, 0.15) is 11.5 Å². The number of carbonyl (C=O) groups excluding carboxylic acids is 1. The fourth-order valence-electron chi connectivity index (χ4n) is 2.93. The Labute approximate surface area is 169 Å². The molecule has 1 saturated heterocycles. The van der Waals surface area contributed by atoms with Crippen LogP contribution < -0.4 is 20.1 Å². The molecule has 1 unspecified atom stereocenters. The van der Waals surface area contributed by atoms with Crippen LogP contribution in [0.3, 0.4) is 0 Å². The quantitative estimate of drug-likeness (QED) is 0.621. The number of halogens is 6. The lowest BCUT2D eigenvalue weighted by Gasteiger charge is -2.32. The fourth-order valence-corrected chi connectivity index (χ4v) is 2.93. The summed E-state index contributed by atoms with van der Waals surface area (Å²) in [6.45, 7) is -2.01. The van der Waals surface area contributed by atoms with E-state index in [0.717, 1.165) is 44.0 Å². The molecule has 0 radical (unpaired) electrons. The second-order valence-electron chi connectivity index (χ2n) is 6.93. The predicted octanol–water partition coefficient (Wildman–Crippen LogP) is 4.17. The van der Waals surface area contributed by atoms with E-state index in [1.807, 2.05) is 7.05 Å². The van der Waals surface area contributed by atoms with Gasteiger partial charge in [-0.05, 0) is 38.6 Å². The van der Waals surface area contributed by atoms with Gasteiger partial charge < -0.3 is 25.0 Å². The number of anilines is 1. The van der Waals surface area contributed by atoms with Gasteiger partial charge in [-0.2, -0.15) is 26.3 Å². The highest BCUT2D eigenvalue weighted by Gasteiger charge is 2.30. The second-order valence-corrected chi connectivity index (χ2v) is 6.93. The molecule has 1 aliphatic rings. The van der Waals surface area contributed by atoms with Crippen LogP contribution in [-0.4, -0.2) is 62.7 Å². The first kappa shape index (κ1) is 23.9. The molecule has 1 aromatic rings. The lowest BCUT2D eigenvalue weighted by atomic mass is 10.0.